The molecule has 7 heteroatoms. The van der Waals surface area contributed by atoms with E-state index in [-0.39, 0.29) is 29.7 Å². The van der Waals surface area contributed by atoms with Crippen molar-refractivity contribution in [1.82, 2.24) is 14.8 Å². The Morgan fingerprint density at radius 3 is 2.31 bits per heavy atom. The number of hydrogen-bond acceptors (Lipinski definition) is 4. The molecule has 0 fully saturated rings. The number of phenols is 2. The lowest BCUT2D eigenvalue weighted by atomic mass is 10.0. The molecule has 0 bridgehead atoms. The lowest BCUT2D eigenvalue weighted by Gasteiger charge is -2.16. The van der Waals surface area contributed by atoms with Crippen molar-refractivity contribution in [3.05, 3.63) is 83.9 Å². The molecule has 3 N–H and O–H groups in total. The molecule has 4 aromatic rings. The molecule has 0 saturated carbocycles. The van der Waals surface area contributed by atoms with Crippen LogP contribution in [0.5, 0.6) is 11.5 Å². The summed E-state index contributed by atoms with van der Waals surface area (Å²) in [5, 5.41) is 24.2. The summed E-state index contributed by atoms with van der Waals surface area (Å²) in [6.07, 6.45) is 6.49. The molecule has 0 aliphatic rings. The predicted molar refractivity (Wildman–Crippen MR) is 169 cm³/mol. The fourth-order valence-corrected chi connectivity index (χ4v) is 5.39. The average molecular weight is 570 g/mol. The Labute approximate surface area is 248 Å². The van der Waals surface area contributed by atoms with Gasteiger partial charge in [0.05, 0.1) is 12.1 Å². The van der Waals surface area contributed by atoms with Gasteiger partial charge in [-0.3, -0.25) is 9.59 Å². The van der Waals surface area contributed by atoms with Crippen LogP contribution in [0.3, 0.4) is 0 Å². The van der Waals surface area contributed by atoms with Gasteiger partial charge >= 0.3 is 0 Å². The maximum atomic E-state index is 13.2. The van der Waals surface area contributed by atoms with Crippen molar-refractivity contribution >= 4 is 22.7 Å². The van der Waals surface area contributed by atoms with E-state index in [1.54, 1.807) is 24.3 Å². The van der Waals surface area contributed by atoms with E-state index in [1.165, 1.54) is 0 Å². The van der Waals surface area contributed by atoms with Gasteiger partial charge in [-0.2, -0.15) is 0 Å². The third-order valence-corrected chi connectivity index (χ3v) is 7.73. The van der Waals surface area contributed by atoms with Crippen LogP contribution in [-0.4, -0.2) is 51.6 Å². The molecule has 0 spiro atoms. The Hall–Kier alpha value is -4.26. The van der Waals surface area contributed by atoms with E-state index in [0.29, 0.717) is 19.5 Å². The van der Waals surface area contributed by atoms with E-state index >= 15 is 0 Å². The van der Waals surface area contributed by atoms with E-state index in [1.807, 2.05) is 48.3 Å². The highest BCUT2D eigenvalue weighted by molar-refractivity contribution is 5.96. The summed E-state index contributed by atoms with van der Waals surface area (Å²) in [5.41, 5.74) is 4.66. The van der Waals surface area contributed by atoms with Crippen LogP contribution >= 0.6 is 0 Å². The monoisotopic (exact) mass is 569 g/mol. The lowest BCUT2D eigenvalue weighted by molar-refractivity contribution is -0.130. The third kappa shape index (κ3) is 8.15. The number of nitrogens with one attached hydrogen (secondary N) is 1. The first kappa shape index (κ1) is 30.7. The molecular formula is C35H43N3O4. The number of benzene rings is 3. The van der Waals surface area contributed by atoms with Crippen molar-refractivity contribution < 1.29 is 19.8 Å². The zero-order valence-corrected chi connectivity index (χ0v) is 24.8. The second-order valence-corrected chi connectivity index (χ2v) is 11.0. The summed E-state index contributed by atoms with van der Waals surface area (Å²) in [5.74, 6) is 0.450. The van der Waals surface area contributed by atoms with Crippen molar-refractivity contribution in [2.45, 2.75) is 64.8 Å². The zero-order chi connectivity index (χ0) is 29.9. The third-order valence-electron chi connectivity index (χ3n) is 7.73. The number of unbranched alkanes of at least 4 members (excludes halogenated alkanes) is 4. The first-order valence-corrected chi connectivity index (χ1v) is 15.1. The van der Waals surface area contributed by atoms with Crippen molar-refractivity contribution in [2.24, 2.45) is 0 Å². The van der Waals surface area contributed by atoms with Gasteiger partial charge in [-0.15, -0.1) is 0 Å². The van der Waals surface area contributed by atoms with Crippen LogP contribution in [0, 0.1) is 0 Å². The molecule has 0 aliphatic carbocycles. The summed E-state index contributed by atoms with van der Waals surface area (Å²) < 4.78 is 2.18. The number of amides is 2. The van der Waals surface area contributed by atoms with Crippen molar-refractivity contribution in [3.8, 4) is 22.8 Å². The van der Waals surface area contributed by atoms with Crippen LogP contribution in [0.4, 0.5) is 0 Å². The minimum absolute atomic E-state index is 0.0788. The van der Waals surface area contributed by atoms with Crippen LogP contribution < -0.4 is 5.32 Å². The van der Waals surface area contributed by atoms with Crippen LogP contribution in [0.2, 0.25) is 0 Å². The van der Waals surface area contributed by atoms with Gasteiger partial charge in [-0.05, 0) is 78.4 Å². The van der Waals surface area contributed by atoms with Crippen molar-refractivity contribution in [3.63, 3.8) is 0 Å². The van der Waals surface area contributed by atoms with E-state index in [2.05, 4.69) is 28.9 Å². The Bertz CT molecular complexity index is 1460. The molecule has 7 nitrogen and oxygen atoms in total. The van der Waals surface area contributed by atoms with Gasteiger partial charge in [0.15, 0.2) is 0 Å². The van der Waals surface area contributed by atoms with E-state index in [9.17, 15) is 19.8 Å². The molecule has 0 unspecified atom stereocenters. The molecule has 1 heterocycles. The first-order chi connectivity index (χ1) is 20.4. The summed E-state index contributed by atoms with van der Waals surface area (Å²) in [4.78, 5) is 27.2. The number of phenolic OH excluding ortho intramolecular Hbond substituents is 2. The first-order valence-electron chi connectivity index (χ1n) is 15.1. The summed E-state index contributed by atoms with van der Waals surface area (Å²) >= 11 is 0. The SMILES string of the molecule is CCCCN(C)C(=O)CCCCCCNC(=O)Cc1c(-c2ccc(O)cc2)n(Cc2ccccc2)c2ccc(O)cc12. The molecular weight excluding hydrogens is 526 g/mol. The average Bonchev–Trinajstić information content (AvgIpc) is 3.27. The fraction of sp³-hybridized carbons (Fsp3) is 0.371. The Morgan fingerprint density at radius 1 is 0.857 bits per heavy atom. The lowest BCUT2D eigenvalue weighted by Crippen LogP contribution is -2.27. The second-order valence-electron chi connectivity index (χ2n) is 11.0. The van der Waals surface area contributed by atoms with Gasteiger partial charge in [0.1, 0.15) is 11.5 Å². The molecule has 0 radical (unpaired) electrons. The molecule has 0 aliphatic heterocycles. The van der Waals surface area contributed by atoms with Crippen LogP contribution in [-0.2, 0) is 22.6 Å². The number of carbonyl (C=O) groups excluding carboxylic acids is 2. The summed E-state index contributed by atoms with van der Waals surface area (Å²) in [6, 6.07) is 22.4. The molecule has 1 aromatic heterocycles. The number of fused-ring (bicyclic) bond motifs is 1. The molecule has 42 heavy (non-hydrogen) atoms. The maximum Gasteiger partial charge on any atom is 0.224 e. The van der Waals surface area contributed by atoms with Gasteiger partial charge in [-0.1, -0.05) is 56.5 Å². The topological polar surface area (TPSA) is 94.8 Å². The van der Waals surface area contributed by atoms with Gasteiger partial charge in [0, 0.05) is 44.0 Å². The van der Waals surface area contributed by atoms with Crippen LogP contribution in [0.25, 0.3) is 22.2 Å². The number of aromatic hydroxyl groups is 2. The largest absolute Gasteiger partial charge is 0.508 e. The number of aromatic nitrogens is 1. The summed E-state index contributed by atoms with van der Waals surface area (Å²) in [7, 11) is 1.88. The highest BCUT2D eigenvalue weighted by Crippen LogP contribution is 2.37. The molecule has 4 rings (SSSR count). The van der Waals surface area contributed by atoms with Gasteiger partial charge in [0.25, 0.3) is 0 Å². The zero-order valence-electron chi connectivity index (χ0n) is 24.8. The molecule has 0 atom stereocenters. The van der Waals surface area contributed by atoms with Crippen LogP contribution in [0.15, 0.2) is 72.8 Å². The van der Waals surface area contributed by atoms with Gasteiger partial charge in [-0.25, -0.2) is 0 Å². The van der Waals surface area contributed by atoms with Crippen molar-refractivity contribution in [1.29, 1.82) is 0 Å². The van der Waals surface area contributed by atoms with E-state index in [0.717, 1.165) is 78.4 Å². The normalized spacial score (nSPS) is 11.1. The molecule has 2 amide bonds. The number of carbonyl (C=O) groups is 2. The minimum atomic E-state index is -0.0788. The minimum Gasteiger partial charge on any atom is -0.508 e. The van der Waals surface area contributed by atoms with Crippen molar-refractivity contribution in [2.75, 3.05) is 20.1 Å². The predicted octanol–water partition coefficient (Wildman–Crippen LogP) is 6.64. The summed E-state index contributed by atoms with van der Waals surface area (Å²) in [6.45, 7) is 4.11. The highest BCUT2D eigenvalue weighted by Gasteiger charge is 2.21. The molecule has 0 saturated heterocycles. The number of rotatable bonds is 15. The van der Waals surface area contributed by atoms with E-state index < -0.39 is 0 Å². The number of nitrogens with zero attached hydrogens (tertiary/aromatic N) is 2. The number of hydrogen-bond donors (Lipinski definition) is 3. The van der Waals surface area contributed by atoms with Gasteiger partial charge < -0.3 is 25.0 Å². The van der Waals surface area contributed by atoms with E-state index in [4.69, 9.17) is 0 Å². The Morgan fingerprint density at radius 2 is 1.57 bits per heavy atom. The molecule has 222 valence electrons. The smallest absolute Gasteiger partial charge is 0.224 e. The Kier molecular flexibility index (Phi) is 11.0. The maximum absolute atomic E-state index is 13.2. The van der Waals surface area contributed by atoms with Gasteiger partial charge in [0.2, 0.25) is 11.8 Å². The highest BCUT2D eigenvalue weighted by atomic mass is 16.3. The Balaban J connectivity index is 1.44. The molecule has 3 aromatic carbocycles. The quantitative estimate of drug-likeness (QED) is 0.140. The standard InChI is InChI=1S/C35H43N3O4/c1-3-4-22-37(2)34(42)14-10-5-6-11-21-36-33(41)24-31-30-23-29(40)19-20-32(30)38(25-26-12-8-7-9-13-26)35(31)27-15-17-28(39)18-16-27/h7-9,12-13,15-20,23,39-40H,3-6,10-11,14,21-22,24-25H2,1-2H3,(H,36,41). The second kappa shape index (κ2) is 15.1. The fourth-order valence-electron chi connectivity index (χ4n) is 5.39. The van der Waals surface area contributed by atoms with Crippen LogP contribution in [0.1, 0.15) is 63.0 Å².